The third-order valence-corrected chi connectivity index (χ3v) is 9.53. The quantitative estimate of drug-likeness (QED) is 0.180. The predicted octanol–water partition coefficient (Wildman–Crippen LogP) is 12.0. The summed E-state index contributed by atoms with van der Waals surface area (Å²) in [4.78, 5) is 4.92. The second kappa shape index (κ2) is 11.1. The van der Waals surface area contributed by atoms with Gasteiger partial charge in [-0.3, -0.25) is 4.57 Å². The van der Waals surface area contributed by atoms with Crippen LogP contribution < -0.4 is 0 Å². The lowest BCUT2D eigenvalue weighted by Gasteiger charge is -2.19. The van der Waals surface area contributed by atoms with Crippen LogP contribution in [0.15, 0.2) is 164 Å². The van der Waals surface area contributed by atoms with Crippen LogP contribution >= 0.6 is 0 Å². The molecule has 0 aliphatic carbocycles. The van der Waals surface area contributed by atoms with Gasteiger partial charge in [-0.05, 0) is 102 Å². The van der Waals surface area contributed by atoms with E-state index in [4.69, 9.17) is 4.98 Å². The Bertz CT molecular complexity index is 2590. The van der Waals surface area contributed by atoms with Crippen molar-refractivity contribution in [3.63, 3.8) is 0 Å². The van der Waals surface area contributed by atoms with Gasteiger partial charge in [-0.2, -0.15) is 0 Å². The van der Waals surface area contributed by atoms with Crippen molar-refractivity contribution in [3.05, 3.63) is 170 Å². The second-order valence-corrected chi connectivity index (χ2v) is 12.2. The zero-order valence-electron chi connectivity index (χ0n) is 26.2. The molecule has 1 aromatic heterocycles. The normalized spacial score (nSPS) is 11.6. The van der Waals surface area contributed by atoms with E-state index in [1.54, 1.807) is 0 Å². The highest BCUT2D eigenvalue weighted by Gasteiger charge is 2.18. The average molecular weight is 601 g/mol. The second-order valence-electron chi connectivity index (χ2n) is 12.2. The Kier molecular flexibility index (Phi) is 6.46. The average Bonchev–Trinajstić information content (AvgIpc) is 3.53. The Hall–Kier alpha value is -5.99. The maximum Gasteiger partial charge on any atom is 0.114 e. The fourth-order valence-electron chi connectivity index (χ4n) is 7.33. The lowest BCUT2D eigenvalue weighted by Crippen LogP contribution is -2.00. The third kappa shape index (κ3) is 4.53. The van der Waals surface area contributed by atoms with E-state index in [9.17, 15) is 0 Å². The summed E-state index contributed by atoms with van der Waals surface area (Å²) in [5.41, 5.74) is 10.7. The number of aryl methyl sites for hydroxylation is 1. The van der Waals surface area contributed by atoms with Gasteiger partial charge in [0.05, 0.1) is 11.0 Å². The van der Waals surface area contributed by atoms with Gasteiger partial charge >= 0.3 is 0 Å². The van der Waals surface area contributed by atoms with Crippen LogP contribution in [0.5, 0.6) is 0 Å². The van der Waals surface area contributed by atoms with E-state index in [1.807, 2.05) is 0 Å². The summed E-state index contributed by atoms with van der Waals surface area (Å²) in [6.45, 7) is 2.17. The number of nitrogens with zero attached hydrogens (tertiary/aromatic N) is 2. The van der Waals surface area contributed by atoms with Gasteiger partial charge in [-0.15, -0.1) is 0 Å². The largest absolute Gasteiger partial charge is 0.296 e. The molecule has 0 aliphatic heterocycles. The molecule has 9 aromatic rings. The molecule has 0 atom stereocenters. The van der Waals surface area contributed by atoms with E-state index >= 15 is 0 Å². The zero-order valence-corrected chi connectivity index (χ0v) is 26.2. The van der Waals surface area contributed by atoms with Gasteiger partial charge in [0.25, 0.3) is 0 Å². The van der Waals surface area contributed by atoms with E-state index < -0.39 is 0 Å². The first-order valence-electron chi connectivity index (χ1n) is 16.4. The summed E-state index contributed by atoms with van der Waals surface area (Å²) < 4.78 is 2.30. The summed E-state index contributed by atoms with van der Waals surface area (Å²) in [5.74, 6) is 1.07. The molecule has 1 heterocycles. The molecule has 0 fully saturated rings. The van der Waals surface area contributed by atoms with E-state index in [-0.39, 0.29) is 0 Å². The maximum absolute atomic E-state index is 4.92. The molecule has 0 amide bonds. The van der Waals surface area contributed by atoms with Gasteiger partial charge in [-0.1, -0.05) is 134 Å². The van der Waals surface area contributed by atoms with Crippen LogP contribution in [0.4, 0.5) is 0 Å². The molecule has 0 bridgehead atoms. The van der Waals surface area contributed by atoms with E-state index in [0.29, 0.717) is 0 Å². The number of benzene rings is 8. The molecule has 0 saturated carbocycles. The monoisotopic (exact) mass is 600 g/mol. The first kappa shape index (κ1) is 27.3. The van der Waals surface area contributed by atoms with Crippen LogP contribution in [-0.4, -0.2) is 9.55 Å². The van der Waals surface area contributed by atoms with Crippen molar-refractivity contribution in [2.45, 2.75) is 13.3 Å². The zero-order chi connectivity index (χ0) is 31.3. The molecule has 222 valence electrons. The first-order valence-corrected chi connectivity index (χ1v) is 16.4. The van der Waals surface area contributed by atoms with Crippen LogP contribution in [-0.2, 0) is 6.42 Å². The molecule has 0 saturated heterocycles. The van der Waals surface area contributed by atoms with Crippen molar-refractivity contribution in [2.24, 2.45) is 0 Å². The summed E-state index contributed by atoms with van der Waals surface area (Å²) in [6, 6.07) is 59.6. The van der Waals surface area contributed by atoms with Gasteiger partial charge in [0.1, 0.15) is 5.82 Å². The van der Waals surface area contributed by atoms with Crippen LogP contribution in [0.2, 0.25) is 0 Å². The van der Waals surface area contributed by atoms with E-state index in [0.717, 1.165) is 29.0 Å². The number of hydrogen-bond acceptors (Lipinski definition) is 1. The lowest BCUT2D eigenvalue weighted by atomic mass is 9.84. The number of hydrogen-bond donors (Lipinski definition) is 0. The van der Waals surface area contributed by atoms with Crippen molar-refractivity contribution in [1.82, 2.24) is 9.55 Å². The van der Waals surface area contributed by atoms with Crippen molar-refractivity contribution >= 4 is 43.4 Å². The smallest absolute Gasteiger partial charge is 0.114 e. The number of fused-ring (bicyclic) bond motifs is 4. The Labute approximate surface area is 274 Å². The minimum atomic E-state index is 0.867. The fraction of sp³-hybridized carbons (Fsp3) is 0.0444. The molecule has 2 heteroatoms. The Morgan fingerprint density at radius 2 is 1.06 bits per heavy atom. The molecule has 47 heavy (non-hydrogen) atoms. The molecule has 0 radical (unpaired) electrons. The van der Waals surface area contributed by atoms with Gasteiger partial charge in [0, 0.05) is 12.1 Å². The lowest BCUT2D eigenvalue weighted by molar-refractivity contribution is 0.908. The van der Waals surface area contributed by atoms with Gasteiger partial charge < -0.3 is 0 Å². The third-order valence-electron chi connectivity index (χ3n) is 9.53. The Balaban J connectivity index is 1.31. The van der Waals surface area contributed by atoms with E-state index in [1.165, 1.54) is 65.7 Å². The molecule has 2 nitrogen and oxygen atoms in total. The summed E-state index contributed by atoms with van der Waals surface area (Å²) in [5, 5.41) is 7.53. The van der Waals surface area contributed by atoms with Crippen molar-refractivity contribution in [3.8, 4) is 39.1 Å². The van der Waals surface area contributed by atoms with E-state index in [2.05, 4.69) is 175 Å². The minimum Gasteiger partial charge on any atom is -0.296 e. The predicted molar refractivity (Wildman–Crippen MR) is 199 cm³/mol. The van der Waals surface area contributed by atoms with Crippen LogP contribution in [0, 0.1) is 0 Å². The molecule has 0 N–H and O–H groups in total. The first-order chi connectivity index (χ1) is 23.3. The summed E-state index contributed by atoms with van der Waals surface area (Å²) in [6.07, 6.45) is 0.867. The number of rotatable bonds is 5. The minimum absolute atomic E-state index is 0.867. The maximum atomic E-state index is 4.92. The Morgan fingerprint density at radius 1 is 0.447 bits per heavy atom. The highest BCUT2D eigenvalue weighted by atomic mass is 15.1. The molecule has 0 unspecified atom stereocenters. The summed E-state index contributed by atoms with van der Waals surface area (Å²) >= 11 is 0. The fourth-order valence-corrected chi connectivity index (χ4v) is 7.33. The number of para-hydroxylation sites is 2. The van der Waals surface area contributed by atoms with Gasteiger partial charge in [-0.25, -0.2) is 4.98 Å². The SMILES string of the molecule is CCc1nc2ccccc2n1-c1ccc(-c2c3ccccc3c(-c3ccc4ccccc4c3)c3cc(-c4ccccc4)ccc23)cc1. The molecule has 9 rings (SSSR count). The highest BCUT2D eigenvalue weighted by molar-refractivity contribution is 6.22. The molecular formula is C45H32N2. The molecule has 0 spiro atoms. The standard InChI is InChI=1S/C45H32N2/c1-2-43-46-41-18-10-11-19-42(41)47(43)36-25-22-32(23-26-36)44-37-16-8-9-17-38(37)45(35-21-20-31-14-6-7-15-33(31)28-35)40-29-34(24-27-39(40)44)30-12-4-3-5-13-30/h3-29H,2H2,1H3. The van der Waals surface area contributed by atoms with Crippen molar-refractivity contribution < 1.29 is 0 Å². The van der Waals surface area contributed by atoms with Crippen LogP contribution in [0.1, 0.15) is 12.7 Å². The molecule has 0 aliphatic rings. The Morgan fingerprint density at radius 3 is 1.85 bits per heavy atom. The molecule has 8 aromatic carbocycles. The number of imidazole rings is 1. The number of aromatic nitrogens is 2. The summed E-state index contributed by atoms with van der Waals surface area (Å²) in [7, 11) is 0. The van der Waals surface area contributed by atoms with Crippen LogP contribution in [0.25, 0.3) is 82.4 Å². The van der Waals surface area contributed by atoms with Crippen LogP contribution in [0.3, 0.4) is 0 Å². The van der Waals surface area contributed by atoms with Gasteiger partial charge in [0.15, 0.2) is 0 Å². The van der Waals surface area contributed by atoms with Crippen molar-refractivity contribution in [1.29, 1.82) is 0 Å². The highest BCUT2D eigenvalue weighted by Crippen LogP contribution is 2.45. The van der Waals surface area contributed by atoms with Crippen molar-refractivity contribution in [2.75, 3.05) is 0 Å². The topological polar surface area (TPSA) is 17.8 Å². The molecular weight excluding hydrogens is 569 g/mol. The van der Waals surface area contributed by atoms with Gasteiger partial charge in [0.2, 0.25) is 0 Å².